The molecule has 7 aromatic rings. The fourth-order valence-corrected chi connectivity index (χ4v) is 6.29. The van der Waals surface area contributed by atoms with E-state index in [0.29, 0.717) is 17.5 Å². The third-order valence-electron chi connectivity index (χ3n) is 8.27. The van der Waals surface area contributed by atoms with E-state index in [1.165, 1.54) is 11.1 Å². The van der Waals surface area contributed by atoms with Gasteiger partial charge in [0.15, 0.2) is 17.5 Å². The largest absolute Gasteiger partial charge is 0.457 e. The highest BCUT2D eigenvalue weighted by Crippen LogP contribution is 2.55. The molecular formula is C40H27N3O. The van der Waals surface area contributed by atoms with E-state index >= 15 is 0 Å². The van der Waals surface area contributed by atoms with Crippen molar-refractivity contribution in [3.8, 4) is 45.7 Å². The second-order valence-corrected chi connectivity index (χ2v) is 10.8. The van der Waals surface area contributed by atoms with Crippen molar-refractivity contribution >= 4 is 0 Å². The van der Waals surface area contributed by atoms with Crippen LogP contribution in [0.1, 0.15) is 22.3 Å². The lowest BCUT2D eigenvalue weighted by Crippen LogP contribution is -2.34. The monoisotopic (exact) mass is 565 g/mol. The Hall–Kier alpha value is -5.87. The molecule has 0 spiro atoms. The average molecular weight is 566 g/mol. The maximum absolute atomic E-state index is 6.70. The van der Waals surface area contributed by atoms with Crippen LogP contribution < -0.4 is 4.74 Å². The Bertz CT molecular complexity index is 1980. The molecule has 0 saturated carbocycles. The van der Waals surface area contributed by atoms with Crippen molar-refractivity contribution in [2.24, 2.45) is 0 Å². The number of ether oxygens (including phenoxy) is 1. The molecule has 0 saturated heterocycles. The van der Waals surface area contributed by atoms with Crippen molar-refractivity contribution in [2.45, 2.75) is 5.41 Å². The van der Waals surface area contributed by atoms with Crippen LogP contribution in [-0.2, 0) is 5.41 Å². The minimum Gasteiger partial charge on any atom is -0.457 e. The summed E-state index contributed by atoms with van der Waals surface area (Å²) in [6.07, 6.45) is 0. The van der Waals surface area contributed by atoms with Gasteiger partial charge in [-0.15, -0.1) is 0 Å². The molecule has 1 aromatic heterocycles. The molecule has 44 heavy (non-hydrogen) atoms. The highest BCUT2D eigenvalue weighted by atomic mass is 16.5. The Labute approximate surface area is 256 Å². The zero-order chi connectivity index (χ0) is 29.3. The lowest BCUT2D eigenvalue weighted by Gasteiger charge is -2.41. The van der Waals surface area contributed by atoms with Gasteiger partial charge in [-0.2, -0.15) is 0 Å². The van der Waals surface area contributed by atoms with Crippen LogP contribution in [0, 0.1) is 0 Å². The first kappa shape index (κ1) is 25.8. The fourth-order valence-electron chi connectivity index (χ4n) is 6.29. The Morgan fingerprint density at radius 2 is 0.795 bits per heavy atom. The number of fused-ring (bicyclic) bond motifs is 2. The van der Waals surface area contributed by atoms with Crippen LogP contribution in [0.25, 0.3) is 34.2 Å². The first-order valence-electron chi connectivity index (χ1n) is 14.7. The van der Waals surface area contributed by atoms with E-state index in [9.17, 15) is 0 Å². The van der Waals surface area contributed by atoms with Gasteiger partial charge in [0, 0.05) is 27.8 Å². The van der Waals surface area contributed by atoms with Crippen LogP contribution in [0.4, 0.5) is 0 Å². The van der Waals surface area contributed by atoms with Gasteiger partial charge in [0.05, 0.1) is 5.41 Å². The summed E-state index contributed by atoms with van der Waals surface area (Å²) in [5.41, 5.74) is 6.67. The maximum Gasteiger partial charge on any atom is 0.164 e. The summed E-state index contributed by atoms with van der Waals surface area (Å²) in [6.45, 7) is 0. The van der Waals surface area contributed by atoms with Gasteiger partial charge in [-0.05, 0) is 23.3 Å². The molecule has 8 rings (SSSR count). The normalized spacial score (nSPS) is 12.9. The minimum atomic E-state index is -0.575. The van der Waals surface area contributed by atoms with Gasteiger partial charge in [0.25, 0.3) is 0 Å². The smallest absolute Gasteiger partial charge is 0.164 e. The van der Waals surface area contributed by atoms with E-state index in [0.717, 1.165) is 39.3 Å². The molecule has 0 aliphatic carbocycles. The van der Waals surface area contributed by atoms with Crippen LogP contribution in [0.5, 0.6) is 11.5 Å². The lowest BCUT2D eigenvalue weighted by molar-refractivity contribution is 0.434. The molecule has 0 radical (unpaired) electrons. The zero-order valence-corrected chi connectivity index (χ0v) is 23.8. The summed E-state index contributed by atoms with van der Waals surface area (Å²) in [5.74, 6) is 3.45. The van der Waals surface area contributed by atoms with Crippen molar-refractivity contribution in [1.82, 2.24) is 15.0 Å². The van der Waals surface area contributed by atoms with Crippen LogP contribution in [0.3, 0.4) is 0 Å². The number of nitrogens with zero attached hydrogens (tertiary/aromatic N) is 3. The van der Waals surface area contributed by atoms with Crippen molar-refractivity contribution in [3.63, 3.8) is 0 Å². The molecule has 2 heterocycles. The van der Waals surface area contributed by atoms with Crippen LogP contribution in [-0.4, -0.2) is 15.0 Å². The van der Waals surface area contributed by atoms with Crippen molar-refractivity contribution < 1.29 is 4.74 Å². The molecule has 4 nitrogen and oxygen atoms in total. The molecule has 6 aromatic carbocycles. The van der Waals surface area contributed by atoms with Gasteiger partial charge in [0.1, 0.15) is 11.5 Å². The van der Waals surface area contributed by atoms with Crippen LogP contribution in [0.2, 0.25) is 0 Å². The molecule has 0 fully saturated rings. The summed E-state index contributed by atoms with van der Waals surface area (Å²) in [7, 11) is 0. The molecule has 0 amide bonds. The number of rotatable bonds is 5. The summed E-state index contributed by atoms with van der Waals surface area (Å²) in [6, 6.07) is 56.1. The van der Waals surface area contributed by atoms with E-state index < -0.39 is 5.41 Å². The first-order valence-corrected chi connectivity index (χ1v) is 14.7. The van der Waals surface area contributed by atoms with E-state index in [1.807, 2.05) is 66.7 Å². The minimum absolute atomic E-state index is 0.575. The Balaban J connectivity index is 1.36. The quantitative estimate of drug-likeness (QED) is 0.209. The van der Waals surface area contributed by atoms with E-state index in [1.54, 1.807) is 0 Å². The number of para-hydroxylation sites is 1. The van der Waals surface area contributed by atoms with Crippen molar-refractivity contribution in [1.29, 1.82) is 0 Å². The van der Waals surface area contributed by atoms with Gasteiger partial charge >= 0.3 is 0 Å². The molecular weight excluding hydrogens is 538 g/mol. The van der Waals surface area contributed by atoms with E-state index in [2.05, 4.69) is 97.1 Å². The van der Waals surface area contributed by atoms with Crippen molar-refractivity contribution in [2.75, 3.05) is 0 Å². The van der Waals surface area contributed by atoms with Gasteiger partial charge in [0.2, 0.25) is 0 Å². The van der Waals surface area contributed by atoms with Gasteiger partial charge < -0.3 is 4.74 Å². The summed E-state index contributed by atoms with van der Waals surface area (Å²) < 4.78 is 6.70. The molecule has 0 atom stereocenters. The fraction of sp³-hybridized carbons (Fsp3) is 0.0250. The Morgan fingerprint density at radius 1 is 0.364 bits per heavy atom. The van der Waals surface area contributed by atoms with Crippen LogP contribution >= 0.6 is 0 Å². The van der Waals surface area contributed by atoms with Gasteiger partial charge in [-0.25, -0.2) is 15.0 Å². The standard InChI is InChI=1S/C40H27N3O/c1-5-15-28(16-6-1)37-41-38(29-17-7-2-8-18-29)43-39(42-37)30-25-26-34-36(27-30)44-35-24-14-13-23-33(35)40(34,31-19-9-3-10-20-31)32-21-11-4-12-22-32/h1-27H. The predicted molar refractivity (Wildman–Crippen MR) is 175 cm³/mol. The van der Waals surface area contributed by atoms with E-state index in [-0.39, 0.29) is 0 Å². The topological polar surface area (TPSA) is 47.9 Å². The third kappa shape index (κ3) is 4.27. The first-order chi connectivity index (χ1) is 21.8. The number of hydrogen-bond acceptors (Lipinski definition) is 4. The maximum atomic E-state index is 6.70. The average Bonchev–Trinajstić information content (AvgIpc) is 3.11. The zero-order valence-electron chi connectivity index (χ0n) is 23.8. The third-order valence-corrected chi connectivity index (χ3v) is 8.27. The van der Waals surface area contributed by atoms with Gasteiger partial charge in [-0.1, -0.05) is 152 Å². The lowest BCUT2D eigenvalue weighted by atomic mass is 9.63. The second-order valence-electron chi connectivity index (χ2n) is 10.8. The number of aromatic nitrogens is 3. The Morgan fingerprint density at radius 3 is 1.34 bits per heavy atom. The summed E-state index contributed by atoms with van der Waals surface area (Å²) in [5, 5.41) is 0. The second kappa shape index (κ2) is 10.8. The molecule has 1 aliphatic heterocycles. The molecule has 208 valence electrons. The number of hydrogen-bond donors (Lipinski definition) is 0. The van der Waals surface area contributed by atoms with Gasteiger partial charge in [-0.3, -0.25) is 0 Å². The highest BCUT2D eigenvalue weighted by molar-refractivity contribution is 5.73. The molecule has 4 heteroatoms. The summed E-state index contributed by atoms with van der Waals surface area (Å²) in [4.78, 5) is 14.8. The highest BCUT2D eigenvalue weighted by Gasteiger charge is 2.45. The molecule has 0 unspecified atom stereocenters. The summed E-state index contributed by atoms with van der Waals surface area (Å²) >= 11 is 0. The SMILES string of the molecule is c1ccc(-c2nc(-c3ccccc3)nc(-c3ccc4c(c3)Oc3ccccc3C4(c3ccccc3)c3ccccc3)n2)cc1. The molecule has 0 bridgehead atoms. The van der Waals surface area contributed by atoms with E-state index in [4.69, 9.17) is 19.7 Å². The van der Waals surface area contributed by atoms with Crippen LogP contribution in [0.15, 0.2) is 164 Å². The molecule has 1 aliphatic rings. The predicted octanol–water partition coefficient (Wildman–Crippen LogP) is 9.36. The molecule has 0 N–H and O–H groups in total. The van der Waals surface area contributed by atoms with Crippen molar-refractivity contribution in [3.05, 3.63) is 186 Å². The number of benzene rings is 6. The Kier molecular flexibility index (Phi) is 6.31.